The lowest BCUT2D eigenvalue weighted by molar-refractivity contribution is -0.138. The number of rotatable bonds is 11. The average molecular weight is 892 g/mol. The first kappa shape index (κ1) is 37.4. The quantitative estimate of drug-likeness (QED) is 0.0982. The van der Waals surface area contributed by atoms with Gasteiger partial charge in [0.05, 0.1) is 44.2 Å². The van der Waals surface area contributed by atoms with E-state index in [9.17, 15) is 14.4 Å². The minimum atomic E-state index is -0.773. The van der Waals surface area contributed by atoms with Gasteiger partial charge in [-0.05, 0) is 89.4 Å². The summed E-state index contributed by atoms with van der Waals surface area (Å²) < 4.78 is 20.8. The van der Waals surface area contributed by atoms with E-state index in [-0.39, 0.29) is 24.7 Å². The minimum absolute atomic E-state index is 0.174. The highest BCUT2D eigenvalue weighted by Crippen LogP contribution is 2.36. The second kappa shape index (κ2) is 16.6. The molecule has 2 heterocycles. The monoisotopic (exact) mass is 890 g/mol. The molecule has 0 saturated carbocycles. The molecular formula is C41H36BrIN2O6S. The number of carbonyl (C=O) groups excluding carboxylic acids is 2. The minimum Gasteiger partial charge on any atom is -0.487 e. The number of benzene rings is 4. The normalized spacial score (nSPS) is 14.2. The van der Waals surface area contributed by atoms with Crippen LogP contribution in [0.5, 0.6) is 5.75 Å². The highest BCUT2D eigenvalue weighted by Gasteiger charge is 2.35. The molecule has 0 amide bonds. The average Bonchev–Trinajstić information content (AvgIpc) is 3.45. The summed E-state index contributed by atoms with van der Waals surface area (Å²) in [6.07, 6.45) is 1.81. The van der Waals surface area contributed by atoms with Crippen LogP contribution in [0.4, 0.5) is 0 Å². The molecule has 0 unspecified atom stereocenters. The zero-order valence-corrected chi connectivity index (χ0v) is 33.6. The van der Waals surface area contributed by atoms with E-state index in [4.69, 9.17) is 19.2 Å². The number of ether oxygens (including phenoxy) is 3. The van der Waals surface area contributed by atoms with Gasteiger partial charge in [0.1, 0.15) is 12.4 Å². The van der Waals surface area contributed by atoms with Gasteiger partial charge in [-0.1, -0.05) is 108 Å². The molecule has 52 heavy (non-hydrogen) atoms. The highest BCUT2D eigenvalue weighted by molar-refractivity contribution is 14.1. The molecule has 11 heteroatoms. The van der Waals surface area contributed by atoms with E-state index in [1.807, 2.05) is 84.9 Å². The van der Waals surface area contributed by atoms with Crippen LogP contribution in [0, 0.1) is 3.57 Å². The lowest BCUT2D eigenvalue weighted by Crippen LogP contribution is -2.40. The molecule has 1 atom stereocenters. The van der Waals surface area contributed by atoms with Crippen molar-refractivity contribution in [1.82, 2.24) is 4.57 Å². The van der Waals surface area contributed by atoms with E-state index in [2.05, 4.69) is 52.4 Å². The Labute approximate surface area is 327 Å². The summed E-state index contributed by atoms with van der Waals surface area (Å²) in [5, 5.41) is 0. The fraction of sp³-hybridized carbons (Fsp3) is 0.220. The smallest absolute Gasteiger partial charge is 0.338 e. The van der Waals surface area contributed by atoms with Crippen molar-refractivity contribution in [2.75, 3.05) is 13.2 Å². The Morgan fingerprint density at radius 3 is 2.27 bits per heavy atom. The summed E-state index contributed by atoms with van der Waals surface area (Å²) >= 11 is 7.09. The summed E-state index contributed by atoms with van der Waals surface area (Å²) in [6, 6.07) is 27.7. The van der Waals surface area contributed by atoms with E-state index in [1.54, 1.807) is 30.5 Å². The SMILES string of the molecule is CCOC(=O)C1=C(c2ccccc2)N=c2s/c(=C\c3cc(Br)cc(I)c3OCc3ccc(C(=O)OCC)cc3)c(=O)n2[C@H]1c1ccc(C(C)C)cc1. The van der Waals surface area contributed by atoms with E-state index >= 15 is 0 Å². The topological polar surface area (TPSA) is 96.2 Å². The largest absolute Gasteiger partial charge is 0.487 e. The van der Waals surface area contributed by atoms with Crippen LogP contribution in [-0.4, -0.2) is 29.7 Å². The molecule has 1 aromatic heterocycles. The molecule has 8 nitrogen and oxygen atoms in total. The fourth-order valence-electron chi connectivity index (χ4n) is 5.91. The van der Waals surface area contributed by atoms with Gasteiger partial charge in [0.15, 0.2) is 4.80 Å². The van der Waals surface area contributed by atoms with Gasteiger partial charge in [0.25, 0.3) is 5.56 Å². The van der Waals surface area contributed by atoms with Crippen molar-refractivity contribution in [2.24, 2.45) is 4.99 Å². The van der Waals surface area contributed by atoms with E-state index in [0.717, 1.165) is 30.3 Å². The standard InChI is InChI=1S/C41H36BrIN2O6S/c1-5-49-39(47)29-14-12-25(13-15-29)23-51-37-30(20-31(42)22-32(37)43)21-33-38(46)45-36(28-18-16-26(17-19-28)24(3)4)34(40(48)50-6-2)35(44-41(45)52-33)27-10-8-7-9-11-27/h7-22,24,36H,5-6,23H2,1-4H3/b33-21-/t36-/m0/s1. The molecule has 266 valence electrons. The first-order valence-electron chi connectivity index (χ1n) is 16.9. The van der Waals surface area contributed by atoms with Gasteiger partial charge in [-0.15, -0.1) is 0 Å². The van der Waals surface area contributed by atoms with E-state index < -0.39 is 12.0 Å². The Balaban J connectivity index is 1.48. The Hall–Kier alpha value is -4.33. The second-order valence-electron chi connectivity index (χ2n) is 12.3. The second-order valence-corrected chi connectivity index (χ2v) is 15.4. The number of hydrogen-bond acceptors (Lipinski definition) is 8. The third-order valence-electron chi connectivity index (χ3n) is 8.46. The number of fused-ring (bicyclic) bond motifs is 1. The van der Waals surface area contributed by atoms with Crippen molar-refractivity contribution < 1.29 is 23.8 Å². The number of esters is 2. The molecule has 5 aromatic rings. The van der Waals surface area contributed by atoms with Crippen molar-refractivity contribution >= 4 is 73.6 Å². The maximum atomic E-state index is 14.6. The lowest BCUT2D eigenvalue weighted by atomic mass is 9.91. The molecule has 0 aliphatic carbocycles. The van der Waals surface area contributed by atoms with Crippen LogP contribution in [0.25, 0.3) is 11.8 Å². The third kappa shape index (κ3) is 8.01. The van der Waals surface area contributed by atoms with Gasteiger partial charge < -0.3 is 14.2 Å². The van der Waals surface area contributed by atoms with Gasteiger partial charge in [0.2, 0.25) is 0 Å². The van der Waals surface area contributed by atoms with Crippen LogP contribution in [0.1, 0.15) is 77.8 Å². The molecule has 1 aliphatic heterocycles. The Bertz CT molecular complexity index is 2330. The number of hydrogen-bond donors (Lipinski definition) is 0. The fourth-order valence-corrected chi connectivity index (χ4v) is 8.60. The number of carbonyl (C=O) groups is 2. The van der Waals surface area contributed by atoms with E-state index in [0.29, 0.717) is 50.0 Å². The van der Waals surface area contributed by atoms with Gasteiger partial charge in [-0.25, -0.2) is 14.6 Å². The summed E-state index contributed by atoms with van der Waals surface area (Å²) in [7, 11) is 0. The van der Waals surface area contributed by atoms with Crippen molar-refractivity contribution in [1.29, 1.82) is 0 Å². The van der Waals surface area contributed by atoms with Crippen LogP contribution in [0.3, 0.4) is 0 Å². The summed E-state index contributed by atoms with van der Waals surface area (Å²) in [6.45, 7) is 8.49. The van der Waals surface area contributed by atoms with Gasteiger partial charge in [0, 0.05) is 15.6 Å². The van der Waals surface area contributed by atoms with Crippen LogP contribution < -0.4 is 19.6 Å². The molecular weight excluding hydrogens is 855 g/mol. The van der Waals surface area contributed by atoms with Gasteiger partial charge >= 0.3 is 11.9 Å². The Morgan fingerprint density at radius 1 is 0.942 bits per heavy atom. The first-order valence-corrected chi connectivity index (χ1v) is 19.5. The zero-order chi connectivity index (χ0) is 36.9. The van der Waals surface area contributed by atoms with Gasteiger partial charge in [-0.3, -0.25) is 9.36 Å². The van der Waals surface area contributed by atoms with Crippen molar-refractivity contribution in [3.63, 3.8) is 0 Å². The number of aromatic nitrogens is 1. The predicted molar refractivity (Wildman–Crippen MR) is 215 cm³/mol. The summed E-state index contributed by atoms with van der Waals surface area (Å²) in [4.78, 5) is 46.0. The molecule has 1 aliphatic rings. The van der Waals surface area contributed by atoms with Crippen LogP contribution in [0.2, 0.25) is 0 Å². The highest BCUT2D eigenvalue weighted by atomic mass is 127. The number of thiazole rings is 1. The molecule has 0 bridgehead atoms. The molecule has 6 rings (SSSR count). The number of nitrogens with zero attached hydrogens (tertiary/aromatic N) is 2. The lowest BCUT2D eigenvalue weighted by Gasteiger charge is -2.26. The molecule has 0 saturated heterocycles. The van der Waals surface area contributed by atoms with Crippen molar-refractivity contribution in [3.8, 4) is 5.75 Å². The maximum absolute atomic E-state index is 14.6. The number of halogens is 2. The Kier molecular flexibility index (Phi) is 11.9. The third-order valence-corrected chi connectivity index (χ3v) is 10.7. The molecule has 4 aromatic carbocycles. The van der Waals surface area contributed by atoms with Crippen LogP contribution in [-0.2, 0) is 20.9 Å². The summed E-state index contributed by atoms with van der Waals surface area (Å²) in [5.41, 5.74) is 5.19. The summed E-state index contributed by atoms with van der Waals surface area (Å²) in [5.74, 6) is 0.0116. The first-order chi connectivity index (χ1) is 25.1. The van der Waals surface area contributed by atoms with Crippen molar-refractivity contribution in [3.05, 3.63) is 158 Å². The van der Waals surface area contributed by atoms with Crippen LogP contribution >= 0.6 is 49.9 Å². The molecule has 0 radical (unpaired) electrons. The Morgan fingerprint density at radius 2 is 1.62 bits per heavy atom. The molecule has 0 fully saturated rings. The van der Waals surface area contributed by atoms with E-state index in [1.165, 1.54) is 11.3 Å². The zero-order valence-electron chi connectivity index (χ0n) is 29.0. The molecule has 0 spiro atoms. The molecule has 0 N–H and O–H groups in total. The van der Waals surface area contributed by atoms with Crippen molar-refractivity contribution in [2.45, 2.75) is 46.3 Å². The maximum Gasteiger partial charge on any atom is 0.338 e. The predicted octanol–water partition coefficient (Wildman–Crippen LogP) is 8.18. The van der Waals surface area contributed by atoms with Gasteiger partial charge in [-0.2, -0.15) is 0 Å². The van der Waals surface area contributed by atoms with Crippen LogP contribution in [0.15, 0.2) is 111 Å².